The first-order valence-electron chi connectivity index (χ1n) is 11.4. The zero-order chi connectivity index (χ0) is 21.8. The summed E-state index contributed by atoms with van der Waals surface area (Å²) in [6, 6.07) is 15.6. The van der Waals surface area contributed by atoms with Crippen LogP contribution in [0, 0.1) is 5.92 Å². The highest BCUT2D eigenvalue weighted by atomic mass is 16.6. The standard InChI is InChI=1S/C26H31NO4/c1-2-27(24(25(28)29)16-18-10-4-3-5-11-18)26(30)31-17-23-21-14-8-6-12-19(21)20-13-7-9-15-22(20)23/h6-9,12-15,18,23-24H,2-5,10-11,16-17H2,1H3,(H,28,29)/t24-/m0/s1. The quantitative estimate of drug-likeness (QED) is 0.624. The van der Waals surface area contributed by atoms with Crippen molar-refractivity contribution in [2.75, 3.05) is 13.2 Å². The second-order valence-electron chi connectivity index (χ2n) is 8.68. The number of fused-ring (bicyclic) bond motifs is 3. The third-order valence-electron chi connectivity index (χ3n) is 6.85. The van der Waals surface area contributed by atoms with Gasteiger partial charge >= 0.3 is 12.1 Å². The normalized spacial score (nSPS) is 16.9. The van der Waals surface area contributed by atoms with E-state index in [0.717, 1.165) is 36.8 Å². The zero-order valence-electron chi connectivity index (χ0n) is 18.1. The molecule has 0 spiro atoms. The number of carboxylic acids is 1. The first-order chi connectivity index (χ1) is 15.1. The molecule has 2 aromatic carbocycles. The van der Waals surface area contributed by atoms with Gasteiger partial charge in [-0.1, -0.05) is 80.6 Å². The van der Waals surface area contributed by atoms with Crippen molar-refractivity contribution in [2.45, 2.75) is 57.4 Å². The van der Waals surface area contributed by atoms with Crippen LogP contribution in [0.3, 0.4) is 0 Å². The molecule has 2 aliphatic rings. The van der Waals surface area contributed by atoms with Crippen molar-refractivity contribution in [2.24, 2.45) is 5.92 Å². The fourth-order valence-corrected chi connectivity index (χ4v) is 5.25. The van der Waals surface area contributed by atoms with Crippen LogP contribution in [0.5, 0.6) is 0 Å². The van der Waals surface area contributed by atoms with Crippen LogP contribution in [0.15, 0.2) is 48.5 Å². The molecule has 0 heterocycles. The number of carbonyl (C=O) groups is 2. The van der Waals surface area contributed by atoms with Crippen LogP contribution < -0.4 is 0 Å². The maximum atomic E-state index is 13.0. The van der Waals surface area contributed by atoms with Crippen LogP contribution in [-0.4, -0.2) is 41.3 Å². The minimum atomic E-state index is -0.944. The van der Waals surface area contributed by atoms with E-state index in [1.54, 1.807) is 0 Å². The number of ether oxygens (including phenoxy) is 1. The van der Waals surface area contributed by atoms with Crippen molar-refractivity contribution >= 4 is 12.1 Å². The zero-order valence-corrected chi connectivity index (χ0v) is 18.1. The molecule has 0 unspecified atom stereocenters. The van der Waals surface area contributed by atoms with Crippen LogP contribution in [0.4, 0.5) is 4.79 Å². The largest absolute Gasteiger partial charge is 0.480 e. The number of rotatable bonds is 7. The molecular formula is C26H31NO4. The van der Waals surface area contributed by atoms with Gasteiger partial charge < -0.3 is 9.84 Å². The molecule has 1 atom stereocenters. The van der Waals surface area contributed by atoms with Gasteiger partial charge in [-0.05, 0) is 41.5 Å². The summed E-state index contributed by atoms with van der Waals surface area (Å²) in [5.41, 5.74) is 4.65. The molecule has 2 aliphatic carbocycles. The summed E-state index contributed by atoms with van der Waals surface area (Å²) in [6.45, 7) is 2.34. The van der Waals surface area contributed by atoms with Crippen molar-refractivity contribution in [1.29, 1.82) is 0 Å². The van der Waals surface area contributed by atoms with Crippen LogP contribution in [0.25, 0.3) is 11.1 Å². The van der Waals surface area contributed by atoms with E-state index in [1.165, 1.54) is 22.4 Å². The highest BCUT2D eigenvalue weighted by Crippen LogP contribution is 2.44. The first-order valence-corrected chi connectivity index (χ1v) is 11.4. The van der Waals surface area contributed by atoms with E-state index in [-0.39, 0.29) is 12.5 Å². The third-order valence-corrected chi connectivity index (χ3v) is 6.85. The average molecular weight is 422 g/mol. The molecule has 2 aromatic rings. The van der Waals surface area contributed by atoms with Gasteiger partial charge in [0.1, 0.15) is 12.6 Å². The number of aliphatic carboxylic acids is 1. The van der Waals surface area contributed by atoms with Gasteiger partial charge in [-0.3, -0.25) is 4.90 Å². The summed E-state index contributed by atoms with van der Waals surface area (Å²) >= 11 is 0. The monoisotopic (exact) mass is 421 g/mol. The summed E-state index contributed by atoms with van der Waals surface area (Å²) < 4.78 is 5.74. The maximum Gasteiger partial charge on any atom is 0.410 e. The molecule has 1 saturated carbocycles. The number of nitrogens with zero attached hydrogens (tertiary/aromatic N) is 1. The summed E-state index contributed by atoms with van der Waals surface area (Å²) in [6.07, 6.45) is 5.58. The number of carbonyl (C=O) groups excluding carboxylic acids is 1. The van der Waals surface area contributed by atoms with E-state index in [2.05, 4.69) is 24.3 Å². The highest BCUT2D eigenvalue weighted by molar-refractivity contribution is 5.81. The van der Waals surface area contributed by atoms with Gasteiger partial charge in [0.2, 0.25) is 0 Å². The van der Waals surface area contributed by atoms with Crippen molar-refractivity contribution in [3.63, 3.8) is 0 Å². The van der Waals surface area contributed by atoms with Gasteiger partial charge in [0.25, 0.3) is 0 Å². The van der Waals surface area contributed by atoms with E-state index < -0.39 is 18.1 Å². The highest BCUT2D eigenvalue weighted by Gasteiger charge is 2.34. The lowest BCUT2D eigenvalue weighted by Gasteiger charge is -2.31. The van der Waals surface area contributed by atoms with E-state index in [0.29, 0.717) is 18.9 Å². The van der Waals surface area contributed by atoms with Gasteiger partial charge in [-0.2, -0.15) is 0 Å². The second-order valence-corrected chi connectivity index (χ2v) is 8.68. The Labute approximate surface area is 184 Å². The van der Waals surface area contributed by atoms with E-state index >= 15 is 0 Å². The Kier molecular flexibility index (Phi) is 6.59. The number of likely N-dealkylation sites (N-methyl/N-ethyl adjacent to an activating group) is 1. The molecule has 1 fully saturated rings. The Bertz CT molecular complexity index is 889. The predicted molar refractivity (Wildman–Crippen MR) is 120 cm³/mol. The Balaban J connectivity index is 1.47. The molecule has 0 saturated heterocycles. The van der Waals surface area contributed by atoms with Crippen molar-refractivity contribution in [1.82, 2.24) is 4.90 Å². The fraction of sp³-hybridized carbons (Fsp3) is 0.462. The minimum Gasteiger partial charge on any atom is -0.480 e. The molecular weight excluding hydrogens is 390 g/mol. The molecule has 1 amide bonds. The van der Waals surface area contributed by atoms with Gasteiger partial charge in [0, 0.05) is 12.5 Å². The van der Waals surface area contributed by atoms with Gasteiger partial charge in [0.15, 0.2) is 0 Å². The smallest absolute Gasteiger partial charge is 0.410 e. The Morgan fingerprint density at radius 3 is 2.13 bits per heavy atom. The number of carboxylic acid groups (broad SMARTS) is 1. The molecule has 4 rings (SSSR count). The Hall–Kier alpha value is -2.82. The van der Waals surface area contributed by atoms with Crippen molar-refractivity contribution in [3.8, 4) is 11.1 Å². The fourth-order valence-electron chi connectivity index (χ4n) is 5.25. The van der Waals surface area contributed by atoms with Crippen molar-refractivity contribution < 1.29 is 19.4 Å². The SMILES string of the molecule is CCN(C(=O)OCC1c2ccccc2-c2ccccc21)[C@@H](CC1CCCCC1)C(=O)O. The van der Waals surface area contributed by atoms with Gasteiger partial charge in [-0.25, -0.2) is 9.59 Å². The van der Waals surface area contributed by atoms with Gasteiger partial charge in [0.05, 0.1) is 0 Å². The van der Waals surface area contributed by atoms with E-state index in [1.807, 2.05) is 31.2 Å². The minimum absolute atomic E-state index is 0.0309. The van der Waals surface area contributed by atoms with Crippen LogP contribution in [-0.2, 0) is 9.53 Å². The lowest BCUT2D eigenvalue weighted by molar-refractivity contribution is -0.143. The van der Waals surface area contributed by atoms with Crippen LogP contribution >= 0.6 is 0 Å². The molecule has 5 nitrogen and oxygen atoms in total. The predicted octanol–water partition coefficient (Wildman–Crippen LogP) is 5.68. The lowest BCUT2D eigenvalue weighted by Crippen LogP contribution is -2.46. The molecule has 1 N–H and O–H groups in total. The molecule has 0 aliphatic heterocycles. The molecule has 5 heteroatoms. The number of amides is 1. The molecule has 0 aromatic heterocycles. The molecule has 164 valence electrons. The molecule has 0 radical (unpaired) electrons. The summed E-state index contributed by atoms with van der Waals surface area (Å²) in [5.74, 6) is -0.608. The van der Waals surface area contributed by atoms with Crippen LogP contribution in [0.2, 0.25) is 0 Å². The number of hydrogen-bond donors (Lipinski definition) is 1. The topological polar surface area (TPSA) is 66.8 Å². The summed E-state index contributed by atoms with van der Waals surface area (Å²) in [5, 5.41) is 9.84. The number of hydrogen-bond acceptors (Lipinski definition) is 3. The Morgan fingerprint density at radius 2 is 1.58 bits per heavy atom. The molecule has 0 bridgehead atoms. The summed E-state index contributed by atoms with van der Waals surface area (Å²) in [7, 11) is 0. The Morgan fingerprint density at radius 1 is 1.00 bits per heavy atom. The van der Waals surface area contributed by atoms with E-state index in [9.17, 15) is 14.7 Å². The second kappa shape index (κ2) is 9.54. The van der Waals surface area contributed by atoms with Crippen molar-refractivity contribution in [3.05, 3.63) is 59.7 Å². The maximum absolute atomic E-state index is 13.0. The lowest BCUT2D eigenvalue weighted by atomic mass is 9.84. The summed E-state index contributed by atoms with van der Waals surface area (Å²) in [4.78, 5) is 26.4. The van der Waals surface area contributed by atoms with Gasteiger partial charge in [-0.15, -0.1) is 0 Å². The van der Waals surface area contributed by atoms with Crippen LogP contribution in [0.1, 0.15) is 62.5 Å². The van der Waals surface area contributed by atoms with E-state index in [4.69, 9.17) is 4.74 Å². The first kappa shape index (κ1) is 21.4. The third kappa shape index (κ3) is 4.46. The average Bonchev–Trinajstić information content (AvgIpc) is 3.12. The number of benzene rings is 2. The molecule has 31 heavy (non-hydrogen) atoms.